The van der Waals surface area contributed by atoms with Crippen LogP contribution in [-0.4, -0.2) is 23.7 Å². The maximum atomic E-state index is 11.5. The predicted octanol–water partition coefficient (Wildman–Crippen LogP) is 3.09. The van der Waals surface area contributed by atoms with Crippen molar-refractivity contribution in [2.75, 3.05) is 6.61 Å². The van der Waals surface area contributed by atoms with Gasteiger partial charge in [0.1, 0.15) is 0 Å². The smallest absolute Gasteiger partial charge is 0.339 e. The first kappa shape index (κ1) is 13.2. The molecule has 1 N–H and O–H groups in total. The van der Waals surface area contributed by atoms with E-state index in [9.17, 15) is 9.59 Å². The van der Waals surface area contributed by atoms with Crippen molar-refractivity contribution in [1.82, 2.24) is 0 Å². The number of esters is 1. The summed E-state index contributed by atoms with van der Waals surface area (Å²) in [6.07, 6.45) is 0. The number of halogens is 2. The molecule has 0 atom stereocenters. The van der Waals surface area contributed by atoms with E-state index in [4.69, 9.17) is 9.84 Å². The zero-order chi connectivity index (χ0) is 12.3. The number of aromatic carboxylic acids is 1. The maximum Gasteiger partial charge on any atom is 0.339 e. The third-order valence-electron chi connectivity index (χ3n) is 1.78. The summed E-state index contributed by atoms with van der Waals surface area (Å²) in [6, 6.07) is 2.78. The summed E-state index contributed by atoms with van der Waals surface area (Å²) in [5, 5.41) is 8.86. The molecule has 0 spiro atoms. The number of carboxylic acid groups (broad SMARTS) is 1. The van der Waals surface area contributed by atoms with Crippen LogP contribution in [0, 0.1) is 0 Å². The molecule has 16 heavy (non-hydrogen) atoms. The zero-order valence-electron chi connectivity index (χ0n) is 8.29. The number of ether oxygens (including phenoxy) is 1. The van der Waals surface area contributed by atoms with Gasteiger partial charge in [-0.25, -0.2) is 9.59 Å². The van der Waals surface area contributed by atoms with Crippen LogP contribution >= 0.6 is 31.9 Å². The van der Waals surface area contributed by atoms with Crippen LogP contribution in [-0.2, 0) is 4.74 Å². The number of hydrogen-bond donors (Lipinski definition) is 1. The van der Waals surface area contributed by atoms with Crippen LogP contribution in [0.4, 0.5) is 0 Å². The lowest BCUT2D eigenvalue weighted by Gasteiger charge is -2.07. The Morgan fingerprint density at radius 2 is 1.75 bits per heavy atom. The second kappa shape index (κ2) is 5.45. The molecule has 0 aromatic heterocycles. The Morgan fingerprint density at radius 3 is 2.25 bits per heavy atom. The Kier molecular flexibility index (Phi) is 4.49. The highest BCUT2D eigenvalue weighted by Gasteiger charge is 2.17. The lowest BCUT2D eigenvalue weighted by molar-refractivity contribution is 0.0524. The minimum Gasteiger partial charge on any atom is -0.478 e. The molecule has 0 aliphatic rings. The van der Waals surface area contributed by atoms with Crippen LogP contribution in [0.15, 0.2) is 21.1 Å². The van der Waals surface area contributed by atoms with Crippen molar-refractivity contribution >= 4 is 43.8 Å². The topological polar surface area (TPSA) is 63.6 Å². The standard InChI is InChI=1S/C10H8Br2O4/c1-2-16-10(15)6-4-7(11)5(9(13)14)3-8(6)12/h3-4H,2H2,1H3,(H,13,14). The summed E-state index contributed by atoms with van der Waals surface area (Å²) < 4.78 is 5.56. The van der Waals surface area contributed by atoms with E-state index in [1.807, 2.05) is 0 Å². The zero-order valence-corrected chi connectivity index (χ0v) is 11.5. The molecule has 0 amide bonds. The molecule has 0 radical (unpaired) electrons. The summed E-state index contributed by atoms with van der Waals surface area (Å²) in [7, 11) is 0. The van der Waals surface area contributed by atoms with Crippen LogP contribution in [0.25, 0.3) is 0 Å². The average Bonchev–Trinajstić information content (AvgIpc) is 2.20. The molecule has 0 saturated carbocycles. The van der Waals surface area contributed by atoms with Gasteiger partial charge < -0.3 is 9.84 Å². The minimum atomic E-state index is -1.07. The van der Waals surface area contributed by atoms with E-state index >= 15 is 0 Å². The van der Waals surface area contributed by atoms with Gasteiger partial charge in [0.15, 0.2) is 0 Å². The molecule has 0 saturated heterocycles. The Balaban J connectivity index is 3.20. The first-order chi connectivity index (χ1) is 7.47. The molecule has 0 heterocycles. The molecule has 1 rings (SSSR count). The Morgan fingerprint density at radius 1 is 1.25 bits per heavy atom. The number of benzene rings is 1. The van der Waals surface area contributed by atoms with Crippen LogP contribution in [0.2, 0.25) is 0 Å². The molecule has 0 aliphatic heterocycles. The first-order valence-electron chi connectivity index (χ1n) is 4.36. The lowest BCUT2D eigenvalue weighted by Crippen LogP contribution is -2.07. The van der Waals surface area contributed by atoms with Gasteiger partial charge in [-0.15, -0.1) is 0 Å². The normalized spacial score (nSPS) is 9.94. The van der Waals surface area contributed by atoms with Crippen molar-refractivity contribution in [3.05, 3.63) is 32.2 Å². The summed E-state index contributed by atoms with van der Waals surface area (Å²) in [5.41, 5.74) is 0.374. The summed E-state index contributed by atoms with van der Waals surface area (Å²) >= 11 is 6.23. The van der Waals surface area contributed by atoms with Gasteiger partial charge in [-0.3, -0.25) is 0 Å². The Bertz CT molecular complexity index is 443. The van der Waals surface area contributed by atoms with E-state index in [2.05, 4.69) is 31.9 Å². The summed E-state index contributed by atoms with van der Waals surface area (Å²) in [4.78, 5) is 22.3. The molecular formula is C10H8Br2O4. The van der Waals surface area contributed by atoms with E-state index in [0.29, 0.717) is 14.5 Å². The van der Waals surface area contributed by atoms with Gasteiger partial charge in [0.05, 0.1) is 17.7 Å². The quantitative estimate of drug-likeness (QED) is 0.850. The fourth-order valence-electron chi connectivity index (χ4n) is 1.08. The van der Waals surface area contributed by atoms with E-state index in [0.717, 1.165) is 0 Å². The van der Waals surface area contributed by atoms with Crippen molar-refractivity contribution in [3.8, 4) is 0 Å². The van der Waals surface area contributed by atoms with Crippen LogP contribution in [0.1, 0.15) is 27.6 Å². The molecule has 0 fully saturated rings. The SMILES string of the molecule is CCOC(=O)c1cc(Br)c(C(=O)O)cc1Br. The fraction of sp³-hybridized carbons (Fsp3) is 0.200. The van der Waals surface area contributed by atoms with Crippen molar-refractivity contribution in [2.45, 2.75) is 6.92 Å². The highest BCUT2D eigenvalue weighted by molar-refractivity contribution is 9.11. The van der Waals surface area contributed by atoms with Gasteiger partial charge >= 0.3 is 11.9 Å². The van der Waals surface area contributed by atoms with Crippen molar-refractivity contribution in [3.63, 3.8) is 0 Å². The second-order valence-electron chi connectivity index (χ2n) is 2.84. The first-order valence-corrected chi connectivity index (χ1v) is 5.95. The minimum absolute atomic E-state index is 0.0833. The molecule has 1 aromatic carbocycles. The van der Waals surface area contributed by atoms with Gasteiger partial charge in [-0.05, 0) is 50.9 Å². The lowest BCUT2D eigenvalue weighted by atomic mass is 10.1. The van der Waals surface area contributed by atoms with Crippen molar-refractivity contribution < 1.29 is 19.4 Å². The van der Waals surface area contributed by atoms with Gasteiger partial charge in [0.25, 0.3) is 0 Å². The van der Waals surface area contributed by atoms with Gasteiger partial charge in [-0.2, -0.15) is 0 Å². The number of carbonyl (C=O) groups is 2. The largest absolute Gasteiger partial charge is 0.478 e. The Hall–Kier alpha value is -0.880. The van der Waals surface area contributed by atoms with E-state index in [1.165, 1.54) is 12.1 Å². The fourth-order valence-corrected chi connectivity index (χ4v) is 2.09. The predicted molar refractivity (Wildman–Crippen MR) is 64.8 cm³/mol. The van der Waals surface area contributed by atoms with Crippen molar-refractivity contribution in [1.29, 1.82) is 0 Å². The van der Waals surface area contributed by atoms with Gasteiger partial charge in [0.2, 0.25) is 0 Å². The van der Waals surface area contributed by atoms with Crippen molar-refractivity contribution in [2.24, 2.45) is 0 Å². The monoisotopic (exact) mass is 350 g/mol. The third-order valence-corrected chi connectivity index (χ3v) is 3.09. The molecule has 0 unspecified atom stereocenters. The van der Waals surface area contributed by atoms with Crippen LogP contribution in [0.5, 0.6) is 0 Å². The molecule has 6 heteroatoms. The molecular weight excluding hydrogens is 344 g/mol. The Labute approximate surface area is 109 Å². The van der Waals surface area contributed by atoms with Gasteiger partial charge in [-0.1, -0.05) is 0 Å². The van der Waals surface area contributed by atoms with Gasteiger partial charge in [0, 0.05) is 8.95 Å². The maximum absolute atomic E-state index is 11.5. The third kappa shape index (κ3) is 2.82. The number of carbonyl (C=O) groups excluding carboxylic acids is 1. The number of rotatable bonds is 3. The summed E-state index contributed by atoms with van der Waals surface area (Å²) in [6.45, 7) is 1.97. The van der Waals surface area contributed by atoms with E-state index in [1.54, 1.807) is 6.92 Å². The molecule has 0 bridgehead atoms. The number of carboxylic acids is 1. The molecule has 4 nitrogen and oxygen atoms in total. The van der Waals surface area contributed by atoms with Crippen LogP contribution < -0.4 is 0 Å². The highest BCUT2D eigenvalue weighted by atomic mass is 79.9. The van der Waals surface area contributed by atoms with E-state index in [-0.39, 0.29) is 12.2 Å². The molecule has 1 aromatic rings. The van der Waals surface area contributed by atoms with E-state index < -0.39 is 11.9 Å². The summed E-state index contributed by atoms with van der Waals surface area (Å²) in [5.74, 6) is -1.56. The van der Waals surface area contributed by atoms with Crippen LogP contribution in [0.3, 0.4) is 0 Å². The number of hydrogen-bond acceptors (Lipinski definition) is 3. The molecule has 0 aliphatic carbocycles. The highest BCUT2D eigenvalue weighted by Crippen LogP contribution is 2.26. The average molecular weight is 352 g/mol. The molecule has 86 valence electrons. The second-order valence-corrected chi connectivity index (χ2v) is 4.55.